The highest BCUT2D eigenvalue weighted by molar-refractivity contribution is 6.18. The molecule has 0 aliphatic carbocycles. The minimum Gasteiger partial charge on any atom is -0.504 e. The van der Waals surface area contributed by atoms with Crippen molar-refractivity contribution in [1.82, 2.24) is 4.90 Å². The number of rotatable bonds is 4. The first kappa shape index (κ1) is 13.6. The quantitative estimate of drug-likeness (QED) is 0.841. The fraction of sp³-hybridized carbons (Fsp3) is 0.417. The number of hydrogen-bond donors (Lipinski definition) is 1. The molecule has 0 bridgehead atoms. The number of amides is 1. The van der Waals surface area contributed by atoms with Crippen LogP contribution in [0.5, 0.6) is 11.5 Å². The zero-order chi connectivity index (χ0) is 13.0. The van der Waals surface area contributed by atoms with Gasteiger partial charge in [0.2, 0.25) is 0 Å². The SMILES string of the molecule is COc1ccc(C(=O)N(C)C(C)CCl)cc1O. The van der Waals surface area contributed by atoms with E-state index >= 15 is 0 Å². The van der Waals surface area contributed by atoms with Gasteiger partial charge < -0.3 is 14.7 Å². The van der Waals surface area contributed by atoms with Gasteiger partial charge in [0, 0.05) is 24.5 Å². The van der Waals surface area contributed by atoms with Crippen molar-refractivity contribution in [3.05, 3.63) is 23.8 Å². The van der Waals surface area contributed by atoms with Gasteiger partial charge in [0.05, 0.1) is 7.11 Å². The Labute approximate surface area is 106 Å². The highest BCUT2D eigenvalue weighted by Gasteiger charge is 2.17. The van der Waals surface area contributed by atoms with Gasteiger partial charge in [0.1, 0.15) is 0 Å². The van der Waals surface area contributed by atoms with Crippen molar-refractivity contribution in [2.45, 2.75) is 13.0 Å². The Morgan fingerprint density at radius 3 is 2.71 bits per heavy atom. The number of hydrogen-bond acceptors (Lipinski definition) is 3. The molecule has 0 saturated carbocycles. The topological polar surface area (TPSA) is 49.8 Å². The van der Waals surface area contributed by atoms with Crippen LogP contribution in [0.15, 0.2) is 18.2 Å². The molecule has 1 N–H and O–H groups in total. The summed E-state index contributed by atoms with van der Waals surface area (Å²) in [4.78, 5) is 13.5. The number of phenols is 1. The Bertz CT molecular complexity index is 409. The normalized spacial score (nSPS) is 12.0. The lowest BCUT2D eigenvalue weighted by Gasteiger charge is -2.23. The molecule has 1 aromatic carbocycles. The van der Waals surface area contributed by atoms with Gasteiger partial charge >= 0.3 is 0 Å². The Balaban J connectivity index is 2.93. The van der Waals surface area contributed by atoms with Crippen LogP contribution in [0.2, 0.25) is 0 Å². The van der Waals surface area contributed by atoms with Crippen LogP contribution < -0.4 is 4.74 Å². The van der Waals surface area contributed by atoms with Crippen LogP contribution in [0.4, 0.5) is 0 Å². The lowest BCUT2D eigenvalue weighted by atomic mass is 10.1. The lowest BCUT2D eigenvalue weighted by Crippen LogP contribution is -2.36. The summed E-state index contributed by atoms with van der Waals surface area (Å²) in [5.74, 6) is 0.473. The molecule has 5 heteroatoms. The van der Waals surface area contributed by atoms with E-state index in [1.807, 2.05) is 6.92 Å². The summed E-state index contributed by atoms with van der Waals surface area (Å²) in [5.41, 5.74) is 0.405. The fourth-order valence-corrected chi connectivity index (χ4v) is 1.54. The van der Waals surface area contributed by atoms with E-state index in [0.717, 1.165) is 0 Å². The van der Waals surface area contributed by atoms with Crippen molar-refractivity contribution in [2.24, 2.45) is 0 Å². The van der Waals surface area contributed by atoms with Crippen molar-refractivity contribution >= 4 is 17.5 Å². The van der Waals surface area contributed by atoms with E-state index in [1.54, 1.807) is 19.2 Å². The molecule has 1 rings (SSSR count). The lowest BCUT2D eigenvalue weighted by molar-refractivity contribution is 0.0756. The van der Waals surface area contributed by atoms with E-state index < -0.39 is 0 Å². The van der Waals surface area contributed by atoms with Crippen molar-refractivity contribution < 1.29 is 14.6 Å². The molecule has 1 amide bonds. The Hall–Kier alpha value is -1.42. The fourth-order valence-electron chi connectivity index (χ4n) is 1.33. The highest BCUT2D eigenvalue weighted by Crippen LogP contribution is 2.26. The summed E-state index contributed by atoms with van der Waals surface area (Å²) < 4.78 is 4.91. The molecular formula is C12H16ClNO3. The maximum Gasteiger partial charge on any atom is 0.254 e. The second-order valence-electron chi connectivity index (χ2n) is 3.81. The first-order valence-electron chi connectivity index (χ1n) is 5.21. The maximum absolute atomic E-state index is 12.0. The molecule has 0 heterocycles. The Kier molecular flexibility index (Phi) is 4.63. The molecule has 0 spiro atoms. The number of phenolic OH excluding ortho intramolecular Hbond substituents is 1. The molecule has 0 aromatic heterocycles. The van der Waals surface area contributed by atoms with E-state index in [1.165, 1.54) is 18.1 Å². The van der Waals surface area contributed by atoms with Crippen LogP contribution in [0.3, 0.4) is 0 Å². The second kappa shape index (κ2) is 5.77. The van der Waals surface area contributed by atoms with Gasteiger partial charge in [0.15, 0.2) is 11.5 Å². The molecule has 4 nitrogen and oxygen atoms in total. The molecule has 0 aliphatic heterocycles. The number of methoxy groups -OCH3 is 1. The average Bonchev–Trinajstić information content (AvgIpc) is 2.35. The standard InChI is InChI=1S/C12H16ClNO3/c1-8(7-13)14(2)12(16)9-4-5-11(17-3)10(15)6-9/h4-6,8,15H,7H2,1-3H3. The monoisotopic (exact) mass is 257 g/mol. The Morgan fingerprint density at radius 1 is 1.59 bits per heavy atom. The predicted molar refractivity (Wildman–Crippen MR) is 66.9 cm³/mol. The minimum atomic E-state index is -0.184. The van der Waals surface area contributed by atoms with Gasteiger partial charge in [-0.15, -0.1) is 11.6 Å². The molecule has 17 heavy (non-hydrogen) atoms. The zero-order valence-corrected chi connectivity index (χ0v) is 10.9. The first-order valence-corrected chi connectivity index (χ1v) is 5.74. The van der Waals surface area contributed by atoms with E-state index in [0.29, 0.717) is 17.2 Å². The van der Waals surface area contributed by atoms with Gasteiger partial charge in [-0.05, 0) is 25.1 Å². The highest BCUT2D eigenvalue weighted by atomic mass is 35.5. The summed E-state index contributed by atoms with van der Waals surface area (Å²) in [6, 6.07) is 4.49. The number of ether oxygens (including phenoxy) is 1. The number of aromatic hydroxyl groups is 1. The number of carbonyl (C=O) groups is 1. The zero-order valence-electron chi connectivity index (χ0n) is 10.1. The average molecular weight is 258 g/mol. The van der Waals surface area contributed by atoms with Gasteiger partial charge in [-0.1, -0.05) is 0 Å². The number of nitrogens with zero attached hydrogens (tertiary/aromatic N) is 1. The third kappa shape index (κ3) is 3.03. The van der Waals surface area contributed by atoms with Crippen molar-refractivity contribution in [3.63, 3.8) is 0 Å². The second-order valence-corrected chi connectivity index (χ2v) is 4.11. The third-order valence-corrected chi connectivity index (χ3v) is 3.08. The van der Waals surface area contributed by atoms with Gasteiger partial charge in [0.25, 0.3) is 5.91 Å². The molecule has 0 aliphatic rings. The number of benzene rings is 1. The van der Waals surface area contributed by atoms with Crippen LogP contribution in [0.1, 0.15) is 17.3 Å². The molecule has 1 unspecified atom stereocenters. The third-order valence-electron chi connectivity index (χ3n) is 2.63. The Morgan fingerprint density at radius 2 is 2.24 bits per heavy atom. The molecule has 1 aromatic rings. The van der Waals surface area contributed by atoms with Crippen LogP contribution in [-0.2, 0) is 0 Å². The molecule has 0 saturated heterocycles. The summed E-state index contributed by atoms with van der Waals surface area (Å²) in [6.07, 6.45) is 0. The van der Waals surface area contributed by atoms with E-state index in [9.17, 15) is 9.90 Å². The first-order chi connectivity index (χ1) is 8.01. The van der Waals surface area contributed by atoms with E-state index in [2.05, 4.69) is 0 Å². The molecule has 1 atom stereocenters. The molecule has 94 valence electrons. The number of halogens is 1. The van der Waals surface area contributed by atoms with Crippen LogP contribution in [-0.4, -0.2) is 42.0 Å². The van der Waals surface area contributed by atoms with Gasteiger partial charge in [-0.3, -0.25) is 4.79 Å². The molecule has 0 radical (unpaired) electrons. The van der Waals surface area contributed by atoms with Crippen LogP contribution in [0.25, 0.3) is 0 Å². The molecular weight excluding hydrogens is 242 g/mol. The van der Waals surface area contributed by atoms with E-state index in [-0.39, 0.29) is 17.7 Å². The summed E-state index contributed by atoms with van der Waals surface area (Å²) >= 11 is 5.69. The van der Waals surface area contributed by atoms with Crippen LogP contribution >= 0.6 is 11.6 Å². The minimum absolute atomic E-state index is 0.0507. The van der Waals surface area contributed by atoms with Gasteiger partial charge in [-0.2, -0.15) is 0 Å². The van der Waals surface area contributed by atoms with Crippen molar-refractivity contribution in [1.29, 1.82) is 0 Å². The largest absolute Gasteiger partial charge is 0.504 e. The molecule has 0 fully saturated rings. The smallest absolute Gasteiger partial charge is 0.254 e. The number of alkyl halides is 1. The van der Waals surface area contributed by atoms with Crippen LogP contribution in [0, 0.1) is 0 Å². The van der Waals surface area contributed by atoms with Gasteiger partial charge in [-0.25, -0.2) is 0 Å². The summed E-state index contributed by atoms with van der Waals surface area (Å²) in [6.45, 7) is 1.86. The van der Waals surface area contributed by atoms with E-state index in [4.69, 9.17) is 16.3 Å². The number of carbonyl (C=O) groups excluding carboxylic acids is 1. The van der Waals surface area contributed by atoms with Crippen molar-refractivity contribution in [2.75, 3.05) is 20.0 Å². The summed E-state index contributed by atoms with van der Waals surface area (Å²) in [5, 5.41) is 9.60. The maximum atomic E-state index is 12.0. The summed E-state index contributed by atoms with van der Waals surface area (Å²) in [7, 11) is 3.13. The predicted octanol–water partition coefficient (Wildman–Crippen LogP) is 2.10. The van der Waals surface area contributed by atoms with Crippen molar-refractivity contribution in [3.8, 4) is 11.5 Å².